The Kier molecular flexibility index (Phi) is 4.20. The number of nitrogens with one attached hydrogen (secondary N) is 1. The number of carbonyl (C=O) groups is 1. The largest absolute Gasteiger partial charge is 0.396 e. The summed E-state index contributed by atoms with van der Waals surface area (Å²) in [5, 5.41) is 15.6. The van der Waals surface area contributed by atoms with Gasteiger partial charge in [0, 0.05) is 23.8 Å². The Hall–Kier alpha value is -2.14. The fraction of sp³-hybridized carbons (Fsp3) is 0.333. The summed E-state index contributed by atoms with van der Waals surface area (Å²) in [5.41, 5.74) is 0.612. The highest BCUT2D eigenvalue weighted by molar-refractivity contribution is 5.93. The molecule has 1 heterocycles. The lowest BCUT2D eigenvalue weighted by Crippen LogP contribution is -2.44. The lowest BCUT2D eigenvalue weighted by atomic mass is 10.0. The second-order valence-electron chi connectivity index (χ2n) is 5.25. The van der Waals surface area contributed by atoms with Gasteiger partial charge in [0.1, 0.15) is 0 Å². The van der Waals surface area contributed by atoms with Crippen molar-refractivity contribution in [2.24, 2.45) is 0 Å². The van der Waals surface area contributed by atoms with E-state index in [-0.39, 0.29) is 18.2 Å². The summed E-state index contributed by atoms with van der Waals surface area (Å²) in [6, 6.07) is 11.1. The van der Waals surface area contributed by atoms with Crippen LogP contribution in [0.25, 0.3) is 11.3 Å². The molecule has 2 aromatic rings. The second-order valence-corrected chi connectivity index (χ2v) is 5.25. The third-order valence-corrected chi connectivity index (χ3v) is 2.99. The van der Waals surface area contributed by atoms with Gasteiger partial charge in [-0.25, -0.2) is 0 Å². The predicted octanol–water partition coefficient (Wildman–Crippen LogP) is 2.23. The molecular formula is C15H18N2O3. The van der Waals surface area contributed by atoms with E-state index in [9.17, 15) is 4.79 Å². The third kappa shape index (κ3) is 3.45. The van der Waals surface area contributed by atoms with Crippen molar-refractivity contribution in [3.05, 3.63) is 42.1 Å². The Morgan fingerprint density at radius 1 is 1.35 bits per heavy atom. The molecule has 0 bridgehead atoms. The molecular weight excluding hydrogens is 256 g/mol. The summed E-state index contributed by atoms with van der Waals surface area (Å²) in [7, 11) is 0. The fourth-order valence-corrected chi connectivity index (χ4v) is 1.83. The topological polar surface area (TPSA) is 75.4 Å². The normalized spacial score (nSPS) is 11.3. The Labute approximate surface area is 117 Å². The number of aliphatic hydroxyl groups excluding tert-OH is 1. The first kappa shape index (κ1) is 14.3. The van der Waals surface area contributed by atoms with Crippen LogP contribution in [-0.4, -0.2) is 28.3 Å². The van der Waals surface area contributed by atoms with Gasteiger partial charge in [-0.05, 0) is 20.3 Å². The smallest absolute Gasteiger partial charge is 0.273 e. The Morgan fingerprint density at radius 3 is 2.70 bits per heavy atom. The van der Waals surface area contributed by atoms with E-state index in [1.165, 1.54) is 0 Å². The van der Waals surface area contributed by atoms with Gasteiger partial charge in [-0.15, -0.1) is 0 Å². The molecule has 2 N–H and O–H groups in total. The molecule has 106 valence electrons. The van der Waals surface area contributed by atoms with Crippen LogP contribution < -0.4 is 5.32 Å². The van der Waals surface area contributed by atoms with E-state index in [0.717, 1.165) is 5.56 Å². The number of hydrogen-bond donors (Lipinski definition) is 2. The van der Waals surface area contributed by atoms with Crippen molar-refractivity contribution >= 4 is 5.91 Å². The van der Waals surface area contributed by atoms with Crippen LogP contribution in [-0.2, 0) is 0 Å². The van der Waals surface area contributed by atoms with Gasteiger partial charge in [-0.2, -0.15) is 0 Å². The molecule has 0 radical (unpaired) electrons. The van der Waals surface area contributed by atoms with Gasteiger partial charge in [0.2, 0.25) is 0 Å². The molecule has 1 aromatic heterocycles. The van der Waals surface area contributed by atoms with Crippen molar-refractivity contribution in [2.45, 2.75) is 25.8 Å². The summed E-state index contributed by atoms with van der Waals surface area (Å²) >= 11 is 0. The van der Waals surface area contributed by atoms with Crippen LogP contribution in [0.4, 0.5) is 0 Å². The monoisotopic (exact) mass is 274 g/mol. The molecule has 0 fully saturated rings. The van der Waals surface area contributed by atoms with Crippen molar-refractivity contribution < 1.29 is 14.4 Å². The van der Waals surface area contributed by atoms with E-state index >= 15 is 0 Å². The fourth-order valence-electron chi connectivity index (χ4n) is 1.83. The van der Waals surface area contributed by atoms with Gasteiger partial charge in [0.15, 0.2) is 11.5 Å². The number of hydrogen-bond acceptors (Lipinski definition) is 4. The zero-order chi connectivity index (χ0) is 14.6. The molecule has 0 saturated heterocycles. The number of nitrogens with zero attached hydrogens (tertiary/aromatic N) is 1. The highest BCUT2D eigenvalue weighted by Gasteiger charge is 2.22. The minimum Gasteiger partial charge on any atom is -0.396 e. The quantitative estimate of drug-likeness (QED) is 0.876. The van der Waals surface area contributed by atoms with Gasteiger partial charge >= 0.3 is 0 Å². The van der Waals surface area contributed by atoms with Gasteiger partial charge in [-0.3, -0.25) is 4.79 Å². The van der Waals surface area contributed by atoms with Crippen molar-refractivity contribution in [1.29, 1.82) is 0 Å². The molecule has 0 saturated carbocycles. The average Bonchev–Trinajstić information content (AvgIpc) is 2.88. The van der Waals surface area contributed by atoms with Gasteiger partial charge in [0.05, 0.1) is 0 Å². The molecule has 2 rings (SSSR count). The minimum absolute atomic E-state index is 0.0152. The van der Waals surface area contributed by atoms with E-state index < -0.39 is 5.54 Å². The lowest BCUT2D eigenvalue weighted by molar-refractivity contribution is 0.0890. The van der Waals surface area contributed by atoms with Crippen LogP contribution in [0, 0.1) is 0 Å². The predicted molar refractivity (Wildman–Crippen MR) is 75.2 cm³/mol. The van der Waals surface area contributed by atoms with Crippen LogP contribution in [0.2, 0.25) is 0 Å². The average molecular weight is 274 g/mol. The zero-order valence-electron chi connectivity index (χ0n) is 11.6. The number of rotatable bonds is 5. The first-order valence-corrected chi connectivity index (χ1v) is 6.47. The highest BCUT2D eigenvalue weighted by Crippen LogP contribution is 2.20. The summed E-state index contributed by atoms with van der Waals surface area (Å²) in [6.45, 7) is 3.71. The minimum atomic E-state index is -0.488. The number of aromatic nitrogens is 1. The molecule has 0 aliphatic carbocycles. The second kappa shape index (κ2) is 5.88. The van der Waals surface area contributed by atoms with Crippen molar-refractivity contribution in [3.63, 3.8) is 0 Å². The molecule has 0 unspecified atom stereocenters. The van der Waals surface area contributed by atoms with Crippen LogP contribution in [0.3, 0.4) is 0 Å². The lowest BCUT2D eigenvalue weighted by Gasteiger charge is -2.24. The Morgan fingerprint density at radius 2 is 2.05 bits per heavy atom. The highest BCUT2D eigenvalue weighted by atomic mass is 16.5. The maximum Gasteiger partial charge on any atom is 0.273 e. The molecule has 20 heavy (non-hydrogen) atoms. The molecule has 1 amide bonds. The van der Waals surface area contributed by atoms with Gasteiger partial charge in [-0.1, -0.05) is 35.5 Å². The van der Waals surface area contributed by atoms with E-state index in [1.807, 2.05) is 44.2 Å². The number of benzene rings is 1. The van der Waals surface area contributed by atoms with Crippen LogP contribution in [0.1, 0.15) is 30.8 Å². The van der Waals surface area contributed by atoms with E-state index in [1.54, 1.807) is 6.07 Å². The van der Waals surface area contributed by atoms with Crippen LogP contribution in [0.15, 0.2) is 40.9 Å². The third-order valence-electron chi connectivity index (χ3n) is 2.99. The molecule has 0 atom stereocenters. The summed E-state index contributed by atoms with van der Waals surface area (Å²) in [6.07, 6.45) is 0.474. The molecule has 0 spiro atoms. The van der Waals surface area contributed by atoms with Crippen LogP contribution >= 0.6 is 0 Å². The maximum atomic E-state index is 12.1. The van der Waals surface area contributed by atoms with E-state index in [4.69, 9.17) is 9.63 Å². The Balaban J connectivity index is 2.11. The maximum absolute atomic E-state index is 12.1. The molecule has 5 heteroatoms. The SMILES string of the molecule is CC(C)(CCO)NC(=O)c1cc(-c2ccccc2)on1. The van der Waals surface area contributed by atoms with E-state index in [2.05, 4.69) is 10.5 Å². The van der Waals surface area contributed by atoms with Crippen molar-refractivity contribution in [3.8, 4) is 11.3 Å². The standard InChI is InChI=1S/C15H18N2O3/c1-15(2,8-9-18)16-14(19)12-10-13(20-17-12)11-6-4-3-5-7-11/h3-7,10,18H,8-9H2,1-2H3,(H,16,19). The summed E-state index contributed by atoms with van der Waals surface area (Å²) < 4.78 is 5.19. The molecule has 1 aromatic carbocycles. The molecule has 0 aliphatic heterocycles. The van der Waals surface area contributed by atoms with Crippen molar-refractivity contribution in [1.82, 2.24) is 10.5 Å². The van der Waals surface area contributed by atoms with Crippen molar-refractivity contribution in [2.75, 3.05) is 6.61 Å². The van der Waals surface area contributed by atoms with Gasteiger partial charge < -0.3 is 14.9 Å². The van der Waals surface area contributed by atoms with Gasteiger partial charge in [0.25, 0.3) is 5.91 Å². The zero-order valence-corrected chi connectivity index (χ0v) is 11.6. The molecule has 5 nitrogen and oxygen atoms in total. The van der Waals surface area contributed by atoms with Crippen LogP contribution in [0.5, 0.6) is 0 Å². The summed E-state index contributed by atoms with van der Waals surface area (Å²) in [5.74, 6) is 0.241. The number of amides is 1. The first-order valence-electron chi connectivity index (χ1n) is 6.47. The number of aliphatic hydroxyl groups is 1. The van der Waals surface area contributed by atoms with E-state index in [0.29, 0.717) is 12.2 Å². The Bertz CT molecular complexity index is 576. The molecule has 0 aliphatic rings. The summed E-state index contributed by atoms with van der Waals surface area (Å²) in [4.78, 5) is 12.1. The first-order chi connectivity index (χ1) is 9.52. The number of carbonyl (C=O) groups excluding carboxylic acids is 1.